The van der Waals surface area contributed by atoms with Gasteiger partial charge in [-0.1, -0.05) is 5.16 Å². The van der Waals surface area contributed by atoms with E-state index in [0.29, 0.717) is 5.92 Å². The van der Waals surface area contributed by atoms with Crippen molar-refractivity contribution in [3.63, 3.8) is 0 Å². The van der Waals surface area contributed by atoms with Gasteiger partial charge >= 0.3 is 0 Å². The van der Waals surface area contributed by atoms with Crippen LogP contribution in [-0.4, -0.2) is 84.1 Å². The maximum atomic E-state index is 11.5. The first kappa shape index (κ1) is 20.6. The number of aromatic nitrogens is 1. The third kappa shape index (κ3) is 5.70. The van der Waals surface area contributed by atoms with Crippen LogP contribution in [0.15, 0.2) is 15.6 Å². The molecule has 1 amide bonds. The van der Waals surface area contributed by atoms with Crippen LogP contribution in [0.25, 0.3) is 0 Å². The van der Waals surface area contributed by atoms with Crippen LogP contribution in [-0.2, 0) is 11.3 Å². The highest BCUT2D eigenvalue weighted by Gasteiger charge is 2.23. The molecule has 3 heterocycles. The van der Waals surface area contributed by atoms with E-state index in [1.807, 2.05) is 17.9 Å². The zero-order valence-corrected chi connectivity index (χ0v) is 17.5. The fourth-order valence-corrected chi connectivity index (χ4v) is 3.91. The number of nitrogens with one attached hydrogen (secondary N) is 1. The van der Waals surface area contributed by atoms with Crippen molar-refractivity contribution in [2.45, 2.75) is 40.2 Å². The first-order valence-electron chi connectivity index (χ1n) is 10.5. The van der Waals surface area contributed by atoms with E-state index in [4.69, 9.17) is 9.52 Å². The minimum absolute atomic E-state index is 0.189. The number of hydrogen-bond donors (Lipinski definition) is 1. The molecule has 0 unspecified atom stereocenters. The van der Waals surface area contributed by atoms with Gasteiger partial charge in [0.25, 0.3) is 0 Å². The van der Waals surface area contributed by atoms with Gasteiger partial charge in [-0.25, -0.2) is 0 Å². The highest BCUT2D eigenvalue weighted by molar-refractivity contribution is 5.80. The number of nitrogens with zero attached hydrogens (tertiary/aromatic N) is 5. The Morgan fingerprint density at radius 1 is 1.21 bits per heavy atom. The van der Waals surface area contributed by atoms with Crippen molar-refractivity contribution in [3.8, 4) is 0 Å². The highest BCUT2D eigenvalue weighted by Crippen LogP contribution is 2.18. The number of carbonyl (C=O) groups is 1. The average molecular weight is 391 g/mol. The lowest BCUT2D eigenvalue weighted by atomic mass is 9.97. The van der Waals surface area contributed by atoms with Gasteiger partial charge in [-0.2, -0.15) is 0 Å². The van der Waals surface area contributed by atoms with Crippen LogP contribution in [0.3, 0.4) is 0 Å². The number of guanidine groups is 1. The summed E-state index contributed by atoms with van der Waals surface area (Å²) >= 11 is 0. The summed E-state index contributed by atoms with van der Waals surface area (Å²) in [4.78, 5) is 23.1. The molecule has 2 fully saturated rings. The van der Waals surface area contributed by atoms with E-state index in [1.54, 1.807) is 6.92 Å². The average Bonchev–Trinajstić information content (AvgIpc) is 3.11. The number of carbonyl (C=O) groups excluding carboxylic acids is 1. The van der Waals surface area contributed by atoms with E-state index < -0.39 is 0 Å². The number of piperazine rings is 1. The second-order valence-electron chi connectivity index (χ2n) is 7.84. The number of aliphatic imine (C=N–C) groups is 1. The molecule has 0 aliphatic carbocycles. The summed E-state index contributed by atoms with van der Waals surface area (Å²) in [6, 6.07) is 2.01. The molecule has 8 nitrogen and oxygen atoms in total. The van der Waals surface area contributed by atoms with E-state index in [9.17, 15) is 4.79 Å². The van der Waals surface area contributed by atoms with Gasteiger partial charge in [-0.05, 0) is 32.6 Å². The molecular formula is C20H34N6O2. The number of rotatable bonds is 5. The third-order valence-corrected chi connectivity index (χ3v) is 5.63. The van der Waals surface area contributed by atoms with E-state index in [0.717, 1.165) is 89.2 Å². The Balaban J connectivity index is 1.47. The maximum absolute atomic E-state index is 11.5. The Kier molecular flexibility index (Phi) is 7.30. The van der Waals surface area contributed by atoms with Crippen molar-refractivity contribution in [2.24, 2.45) is 10.9 Å². The van der Waals surface area contributed by atoms with Crippen LogP contribution in [0, 0.1) is 12.8 Å². The lowest BCUT2D eigenvalue weighted by Gasteiger charge is -2.36. The first-order chi connectivity index (χ1) is 13.5. The summed E-state index contributed by atoms with van der Waals surface area (Å²) in [5.41, 5.74) is 1.00. The van der Waals surface area contributed by atoms with Gasteiger partial charge in [0, 0.05) is 71.9 Å². The van der Waals surface area contributed by atoms with Crippen molar-refractivity contribution in [1.29, 1.82) is 0 Å². The molecular weight excluding hydrogens is 356 g/mol. The molecule has 0 bridgehead atoms. The number of amides is 1. The number of hydrogen-bond acceptors (Lipinski definition) is 5. The van der Waals surface area contributed by atoms with Crippen molar-refractivity contribution < 1.29 is 9.32 Å². The minimum atomic E-state index is 0.189. The molecule has 0 aromatic carbocycles. The molecule has 0 radical (unpaired) electrons. The van der Waals surface area contributed by atoms with Gasteiger partial charge in [0.05, 0.1) is 5.69 Å². The van der Waals surface area contributed by atoms with E-state index in [2.05, 4.69) is 27.2 Å². The molecule has 1 aromatic rings. The summed E-state index contributed by atoms with van der Waals surface area (Å²) in [6.07, 6.45) is 2.10. The normalized spacial score (nSPS) is 19.9. The van der Waals surface area contributed by atoms with Gasteiger partial charge in [0.2, 0.25) is 5.91 Å². The number of likely N-dealkylation sites (tertiary alicyclic amines) is 1. The number of aryl methyl sites for hydroxylation is 1. The molecule has 3 rings (SSSR count). The molecule has 0 atom stereocenters. The SMILES string of the molecule is CCNC(=NCC1CCN(C(C)=O)CC1)N1CCN(Cc2cc(C)on2)CC1. The Hall–Kier alpha value is -2.09. The van der Waals surface area contributed by atoms with Gasteiger partial charge < -0.3 is 19.6 Å². The largest absolute Gasteiger partial charge is 0.361 e. The fraction of sp³-hybridized carbons (Fsp3) is 0.750. The van der Waals surface area contributed by atoms with Crippen LogP contribution >= 0.6 is 0 Å². The summed E-state index contributed by atoms with van der Waals surface area (Å²) < 4.78 is 5.17. The monoisotopic (exact) mass is 390 g/mol. The summed E-state index contributed by atoms with van der Waals surface area (Å²) in [7, 11) is 0. The van der Waals surface area contributed by atoms with Crippen LogP contribution in [0.2, 0.25) is 0 Å². The predicted molar refractivity (Wildman–Crippen MR) is 109 cm³/mol. The molecule has 2 aliphatic heterocycles. The smallest absolute Gasteiger partial charge is 0.219 e. The maximum Gasteiger partial charge on any atom is 0.219 e. The number of piperidine rings is 1. The lowest BCUT2D eigenvalue weighted by Crippen LogP contribution is -2.52. The third-order valence-electron chi connectivity index (χ3n) is 5.63. The predicted octanol–water partition coefficient (Wildman–Crippen LogP) is 1.32. The summed E-state index contributed by atoms with van der Waals surface area (Å²) in [6.45, 7) is 13.9. The van der Waals surface area contributed by atoms with E-state index >= 15 is 0 Å². The van der Waals surface area contributed by atoms with Gasteiger partial charge in [-0.3, -0.25) is 14.7 Å². The zero-order valence-electron chi connectivity index (χ0n) is 17.5. The minimum Gasteiger partial charge on any atom is -0.361 e. The Labute approximate surface area is 167 Å². The molecule has 156 valence electrons. The Morgan fingerprint density at radius 2 is 1.93 bits per heavy atom. The van der Waals surface area contributed by atoms with E-state index in [1.165, 1.54) is 0 Å². The molecule has 2 aliphatic rings. The van der Waals surface area contributed by atoms with Gasteiger partial charge in [-0.15, -0.1) is 0 Å². The van der Waals surface area contributed by atoms with Crippen LogP contribution in [0.1, 0.15) is 38.1 Å². The zero-order chi connectivity index (χ0) is 19.9. The van der Waals surface area contributed by atoms with Gasteiger partial charge in [0.1, 0.15) is 5.76 Å². The van der Waals surface area contributed by atoms with Crippen LogP contribution < -0.4 is 5.32 Å². The van der Waals surface area contributed by atoms with Crippen LogP contribution in [0.4, 0.5) is 0 Å². The van der Waals surface area contributed by atoms with Crippen molar-refractivity contribution in [3.05, 3.63) is 17.5 Å². The van der Waals surface area contributed by atoms with Crippen molar-refractivity contribution in [2.75, 3.05) is 52.4 Å². The van der Waals surface area contributed by atoms with Crippen molar-refractivity contribution >= 4 is 11.9 Å². The fourth-order valence-electron chi connectivity index (χ4n) is 3.91. The molecule has 1 aromatic heterocycles. The second-order valence-corrected chi connectivity index (χ2v) is 7.84. The first-order valence-corrected chi connectivity index (χ1v) is 10.5. The Bertz CT molecular complexity index is 657. The van der Waals surface area contributed by atoms with E-state index in [-0.39, 0.29) is 5.91 Å². The second kappa shape index (κ2) is 9.91. The molecule has 1 N–H and O–H groups in total. The molecule has 0 saturated carbocycles. The molecule has 2 saturated heterocycles. The summed E-state index contributed by atoms with van der Waals surface area (Å²) in [5, 5.41) is 7.55. The van der Waals surface area contributed by atoms with Crippen molar-refractivity contribution in [1.82, 2.24) is 25.2 Å². The van der Waals surface area contributed by atoms with Crippen LogP contribution in [0.5, 0.6) is 0 Å². The lowest BCUT2D eigenvalue weighted by molar-refractivity contribution is -0.130. The molecule has 8 heteroatoms. The quantitative estimate of drug-likeness (QED) is 0.604. The van der Waals surface area contributed by atoms with Gasteiger partial charge in [0.15, 0.2) is 5.96 Å². The molecule has 28 heavy (non-hydrogen) atoms. The Morgan fingerprint density at radius 3 is 2.50 bits per heavy atom. The summed E-state index contributed by atoms with van der Waals surface area (Å²) in [5.74, 6) is 2.65. The highest BCUT2D eigenvalue weighted by atomic mass is 16.5. The topological polar surface area (TPSA) is 77.2 Å². The standard InChI is InChI=1S/C20H34N6O2/c1-4-21-20(22-14-18-5-7-25(8-6-18)17(3)27)26-11-9-24(10-12-26)15-19-13-16(2)28-23-19/h13,18H,4-12,14-15H2,1-3H3,(H,21,22). The molecule has 0 spiro atoms.